The SMILES string of the molecule is Cc1nn(C)c(C(=O)N2CCCc3c(N)cccc32)c1[N+](=O)[O-].Cl. The first kappa shape index (κ1) is 17.7. The number of aryl methyl sites for hydroxylation is 2. The number of halogens is 1. The molecule has 0 saturated heterocycles. The quantitative estimate of drug-likeness (QED) is 0.507. The van der Waals surface area contributed by atoms with Gasteiger partial charge in [-0.05, 0) is 37.5 Å². The van der Waals surface area contributed by atoms with Crippen LogP contribution in [0.15, 0.2) is 18.2 Å². The van der Waals surface area contributed by atoms with E-state index in [1.807, 2.05) is 6.07 Å². The summed E-state index contributed by atoms with van der Waals surface area (Å²) in [6.07, 6.45) is 1.55. The standard InChI is InChI=1S/C15H17N5O3.ClH/c1-9-13(20(22)23)14(18(2)17-9)15(21)19-8-4-5-10-11(16)6-3-7-12(10)19;/h3,6-7H,4-5,8,16H2,1-2H3;1H. The number of benzene rings is 1. The molecule has 1 aromatic carbocycles. The number of hydrogen-bond donors (Lipinski definition) is 1. The second-order valence-electron chi connectivity index (χ2n) is 5.57. The normalized spacial score (nSPS) is 13.2. The number of nitrogen functional groups attached to an aromatic ring is 1. The first-order valence-electron chi connectivity index (χ1n) is 7.29. The summed E-state index contributed by atoms with van der Waals surface area (Å²) in [4.78, 5) is 25.3. The van der Waals surface area contributed by atoms with E-state index in [2.05, 4.69) is 5.10 Å². The zero-order valence-electron chi connectivity index (χ0n) is 13.4. The van der Waals surface area contributed by atoms with E-state index in [0.717, 1.165) is 24.1 Å². The Balaban J connectivity index is 0.00000208. The van der Waals surface area contributed by atoms with E-state index in [9.17, 15) is 14.9 Å². The molecular weight excluding hydrogens is 334 g/mol. The summed E-state index contributed by atoms with van der Waals surface area (Å²) < 4.78 is 1.27. The number of nitro groups is 1. The smallest absolute Gasteiger partial charge is 0.322 e. The lowest BCUT2D eigenvalue weighted by Gasteiger charge is -2.30. The van der Waals surface area contributed by atoms with Crippen molar-refractivity contribution in [3.63, 3.8) is 0 Å². The van der Waals surface area contributed by atoms with E-state index < -0.39 is 10.8 Å². The summed E-state index contributed by atoms with van der Waals surface area (Å²) in [6.45, 7) is 2.02. The Morgan fingerprint density at radius 3 is 2.79 bits per heavy atom. The van der Waals surface area contributed by atoms with Crippen LogP contribution in [0.25, 0.3) is 0 Å². The van der Waals surface area contributed by atoms with Crippen LogP contribution in [0, 0.1) is 17.0 Å². The second kappa shape index (κ2) is 6.48. The van der Waals surface area contributed by atoms with Crippen molar-refractivity contribution in [1.82, 2.24) is 9.78 Å². The fourth-order valence-electron chi connectivity index (χ4n) is 3.10. The molecule has 9 heteroatoms. The molecule has 0 spiro atoms. The van der Waals surface area contributed by atoms with Crippen molar-refractivity contribution in [1.29, 1.82) is 0 Å². The van der Waals surface area contributed by atoms with Crippen molar-refractivity contribution in [3.05, 3.63) is 45.3 Å². The fraction of sp³-hybridized carbons (Fsp3) is 0.333. The highest BCUT2D eigenvalue weighted by molar-refractivity contribution is 6.08. The van der Waals surface area contributed by atoms with Gasteiger partial charge in [-0.15, -0.1) is 12.4 Å². The van der Waals surface area contributed by atoms with Crippen molar-refractivity contribution in [3.8, 4) is 0 Å². The summed E-state index contributed by atoms with van der Waals surface area (Å²) >= 11 is 0. The van der Waals surface area contributed by atoms with Crippen LogP contribution in [0.1, 0.15) is 28.2 Å². The molecule has 0 bridgehead atoms. The molecule has 0 unspecified atom stereocenters. The molecule has 2 heterocycles. The van der Waals surface area contributed by atoms with Crippen LogP contribution in [-0.4, -0.2) is 27.2 Å². The Labute approximate surface area is 144 Å². The van der Waals surface area contributed by atoms with Gasteiger partial charge in [0.1, 0.15) is 5.69 Å². The van der Waals surface area contributed by atoms with Gasteiger partial charge in [-0.2, -0.15) is 5.10 Å². The fourth-order valence-corrected chi connectivity index (χ4v) is 3.10. The van der Waals surface area contributed by atoms with Gasteiger partial charge in [0.25, 0.3) is 5.91 Å². The zero-order chi connectivity index (χ0) is 16.7. The Bertz CT molecular complexity index is 818. The number of nitrogens with zero attached hydrogens (tertiary/aromatic N) is 4. The maximum Gasteiger partial charge on any atom is 0.322 e. The van der Waals surface area contributed by atoms with E-state index in [-0.39, 0.29) is 29.5 Å². The topological polar surface area (TPSA) is 107 Å². The van der Waals surface area contributed by atoms with Gasteiger partial charge in [-0.1, -0.05) is 6.07 Å². The van der Waals surface area contributed by atoms with Gasteiger partial charge >= 0.3 is 5.69 Å². The molecule has 1 aliphatic rings. The number of amides is 1. The molecule has 0 fully saturated rings. The highest BCUT2D eigenvalue weighted by Crippen LogP contribution is 2.33. The molecule has 8 nitrogen and oxygen atoms in total. The van der Waals surface area contributed by atoms with Crippen molar-refractivity contribution >= 4 is 35.4 Å². The monoisotopic (exact) mass is 351 g/mol. The lowest BCUT2D eigenvalue weighted by atomic mass is 9.99. The molecular formula is C15H18ClN5O3. The van der Waals surface area contributed by atoms with Gasteiger partial charge in [-0.3, -0.25) is 19.6 Å². The van der Waals surface area contributed by atoms with Gasteiger partial charge in [0.15, 0.2) is 0 Å². The minimum absolute atomic E-state index is 0. The van der Waals surface area contributed by atoms with Gasteiger partial charge in [0, 0.05) is 25.0 Å². The largest absolute Gasteiger partial charge is 0.398 e. The van der Waals surface area contributed by atoms with Crippen molar-refractivity contribution in [2.45, 2.75) is 19.8 Å². The molecule has 24 heavy (non-hydrogen) atoms. The van der Waals surface area contributed by atoms with E-state index >= 15 is 0 Å². The average Bonchev–Trinajstić information content (AvgIpc) is 2.81. The zero-order valence-corrected chi connectivity index (χ0v) is 14.2. The van der Waals surface area contributed by atoms with E-state index in [4.69, 9.17) is 5.73 Å². The van der Waals surface area contributed by atoms with Crippen molar-refractivity contribution in [2.75, 3.05) is 17.2 Å². The summed E-state index contributed by atoms with van der Waals surface area (Å²) in [7, 11) is 1.54. The number of carbonyl (C=O) groups excluding carboxylic acids is 1. The van der Waals surface area contributed by atoms with E-state index in [1.54, 1.807) is 17.0 Å². The lowest BCUT2D eigenvalue weighted by Crippen LogP contribution is -2.37. The predicted octanol–water partition coefficient (Wildman–Crippen LogP) is 2.23. The molecule has 3 rings (SSSR count). The van der Waals surface area contributed by atoms with Crippen LogP contribution in [0.3, 0.4) is 0 Å². The molecule has 1 aromatic heterocycles. The van der Waals surface area contributed by atoms with Crippen LogP contribution in [0.2, 0.25) is 0 Å². The third-order valence-electron chi connectivity index (χ3n) is 4.11. The van der Waals surface area contributed by atoms with Gasteiger partial charge in [0.05, 0.1) is 4.92 Å². The summed E-state index contributed by atoms with van der Waals surface area (Å²) in [5, 5.41) is 15.3. The van der Waals surface area contributed by atoms with Gasteiger partial charge in [0.2, 0.25) is 5.69 Å². The number of carbonyl (C=O) groups is 1. The third kappa shape index (κ3) is 2.69. The van der Waals surface area contributed by atoms with Crippen LogP contribution >= 0.6 is 12.4 Å². The Kier molecular flexibility index (Phi) is 4.79. The molecule has 0 radical (unpaired) electrons. The maximum atomic E-state index is 13.0. The number of fused-ring (bicyclic) bond motifs is 1. The molecule has 2 aromatic rings. The van der Waals surface area contributed by atoms with Crippen molar-refractivity contribution < 1.29 is 9.72 Å². The highest BCUT2D eigenvalue weighted by atomic mass is 35.5. The minimum Gasteiger partial charge on any atom is -0.398 e. The van der Waals surface area contributed by atoms with Crippen molar-refractivity contribution in [2.24, 2.45) is 7.05 Å². The van der Waals surface area contributed by atoms with Crippen LogP contribution in [-0.2, 0) is 13.5 Å². The average molecular weight is 352 g/mol. The highest BCUT2D eigenvalue weighted by Gasteiger charge is 2.34. The first-order valence-corrected chi connectivity index (χ1v) is 7.29. The summed E-state index contributed by atoms with van der Waals surface area (Å²) in [5.41, 5.74) is 8.23. The molecule has 0 atom stereocenters. The first-order chi connectivity index (χ1) is 10.9. The number of anilines is 2. The molecule has 0 aliphatic carbocycles. The van der Waals surface area contributed by atoms with E-state index in [0.29, 0.717) is 12.2 Å². The molecule has 1 amide bonds. The van der Waals surface area contributed by atoms with Crippen LogP contribution in [0.5, 0.6) is 0 Å². The van der Waals surface area contributed by atoms with E-state index in [1.165, 1.54) is 18.7 Å². The number of nitrogens with two attached hydrogens (primary N) is 1. The van der Waals surface area contributed by atoms with Crippen LogP contribution in [0.4, 0.5) is 17.1 Å². The third-order valence-corrected chi connectivity index (χ3v) is 4.11. The maximum absolute atomic E-state index is 13.0. The molecule has 128 valence electrons. The number of aromatic nitrogens is 2. The van der Waals surface area contributed by atoms with Crippen LogP contribution < -0.4 is 10.6 Å². The number of rotatable bonds is 2. The second-order valence-corrected chi connectivity index (χ2v) is 5.57. The summed E-state index contributed by atoms with van der Waals surface area (Å²) in [6, 6.07) is 5.39. The van der Waals surface area contributed by atoms with Gasteiger partial charge in [-0.25, -0.2) is 0 Å². The molecule has 1 aliphatic heterocycles. The minimum atomic E-state index is -0.556. The Hall–Kier alpha value is -2.61. The summed E-state index contributed by atoms with van der Waals surface area (Å²) in [5.74, 6) is -0.425. The number of hydrogen-bond acceptors (Lipinski definition) is 5. The van der Waals surface area contributed by atoms with Gasteiger partial charge < -0.3 is 10.6 Å². The predicted molar refractivity (Wildman–Crippen MR) is 92.7 cm³/mol. The molecule has 0 saturated carbocycles. The Morgan fingerprint density at radius 2 is 2.12 bits per heavy atom. The lowest BCUT2D eigenvalue weighted by molar-refractivity contribution is -0.385. The molecule has 2 N–H and O–H groups in total. The Morgan fingerprint density at radius 1 is 1.42 bits per heavy atom.